The molecule has 20 heavy (non-hydrogen) atoms. The SMILES string of the molecule is COC(=O)C(COc1ccccc1)c1ccc(Cl)cc1. The predicted octanol–water partition coefficient (Wildman–Crippen LogP) is 3.68. The van der Waals surface area contributed by atoms with Crippen LogP contribution in [0.2, 0.25) is 5.02 Å². The summed E-state index contributed by atoms with van der Waals surface area (Å²) < 4.78 is 10.5. The fraction of sp³-hybridized carbons (Fsp3) is 0.188. The van der Waals surface area contributed by atoms with Crippen LogP contribution in [0.15, 0.2) is 54.6 Å². The van der Waals surface area contributed by atoms with E-state index in [1.807, 2.05) is 30.3 Å². The average molecular weight is 291 g/mol. The molecule has 0 aliphatic carbocycles. The molecule has 2 rings (SSSR count). The number of esters is 1. The second-order valence-corrected chi connectivity index (χ2v) is 4.69. The fourth-order valence-corrected chi connectivity index (χ4v) is 1.96. The van der Waals surface area contributed by atoms with Crippen LogP contribution in [0.3, 0.4) is 0 Å². The van der Waals surface area contributed by atoms with Gasteiger partial charge < -0.3 is 9.47 Å². The molecule has 0 amide bonds. The highest BCUT2D eigenvalue weighted by Gasteiger charge is 2.22. The smallest absolute Gasteiger partial charge is 0.316 e. The summed E-state index contributed by atoms with van der Waals surface area (Å²) in [6, 6.07) is 16.5. The van der Waals surface area contributed by atoms with E-state index in [-0.39, 0.29) is 12.6 Å². The number of benzene rings is 2. The van der Waals surface area contributed by atoms with E-state index in [0.29, 0.717) is 5.02 Å². The van der Waals surface area contributed by atoms with E-state index in [1.165, 1.54) is 7.11 Å². The highest BCUT2D eigenvalue weighted by atomic mass is 35.5. The maximum Gasteiger partial charge on any atom is 0.316 e. The fourth-order valence-electron chi connectivity index (χ4n) is 1.83. The summed E-state index contributed by atoms with van der Waals surface area (Å²) in [5, 5.41) is 0.626. The molecule has 104 valence electrons. The molecule has 3 nitrogen and oxygen atoms in total. The molecule has 1 unspecified atom stereocenters. The van der Waals surface area contributed by atoms with E-state index in [2.05, 4.69) is 0 Å². The van der Waals surface area contributed by atoms with Crippen molar-refractivity contribution in [2.24, 2.45) is 0 Å². The summed E-state index contributed by atoms with van der Waals surface area (Å²) >= 11 is 5.86. The van der Waals surface area contributed by atoms with E-state index in [4.69, 9.17) is 21.1 Å². The third-order valence-corrected chi connectivity index (χ3v) is 3.17. The second kappa shape index (κ2) is 6.96. The second-order valence-electron chi connectivity index (χ2n) is 4.25. The Morgan fingerprint density at radius 2 is 1.75 bits per heavy atom. The minimum atomic E-state index is -0.475. The zero-order valence-corrected chi connectivity index (χ0v) is 11.8. The molecule has 0 saturated heterocycles. The van der Waals surface area contributed by atoms with Gasteiger partial charge in [-0.25, -0.2) is 0 Å². The lowest BCUT2D eigenvalue weighted by molar-refractivity contribution is -0.143. The van der Waals surface area contributed by atoms with Crippen LogP contribution in [0.4, 0.5) is 0 Å². The number of halogens is 1. The van der Waals surface area contributed by atoms with Gasteiger partial charge in [-0.2, -0.15) is 0 Å². The summed E-state index contributed by atoms with van der Waals surface area (Å²) in [7, 11) is 1.37. The summed E-state index contributed by atoms with van der Waals surface area (Å²) in [6.45, 7) is 0.221. The first-order valence-electron chi connectivity index (χ1n) is 6.22. The number of hydrogen-bond acceptors (Lipinski definition) is 3. The van der Waals surface area contributed by atoms with Crippen LogP contribution < -0.4 is 4.74 Å². The molecule has 0 saturated carbocycles. The lowest BCUT2D eigenvalue weighted by atomic mass is 10.0. The standard InChI is InChI=1S/C16H15ClO3/c1-19-16(18)15(12-7-9-13(17)10-8-12)11-20-14-5-3-2-4-6-14/h2-10,15H,11H2,1H3. The number of para-hydroxylation sites is 1. The molecule has 0 bridgehead atoms. The largest absolute Gasteiger partial charge is 0.492 e. The number of rotatable bonds is 5. The Morgan fingerprint density at radius 1 is 1.10 bits per heavy atom. The molecular formula is C16H15ClO3. The highest BCUT2D eigenvalue weighted by Crippen LogP contribution is 2.21. The maximum absolute atomic E-state index is 11.9. The Hall–Kier alpha value is -2.00. The third kappa shape index (κ3) is 3.75. The quantitative estimate of drug-likeness (QED) is 0.788. The molecule has 4 heteroatoms. The van der Waals surface area contributed by atoms with Crippen LogP contribution >= 0.6 is 11.6 Å². The third-order valence-electron chi connectivity index (χ3n) is 2.92. The maximum atomic E-state index is 11.9. The summed E-state index contributed by atoms with van der Waals surface area (Å²) in [5.41, 5.74) is 0.817. The summed E-state index contributed by atoms with van der Waals surface area (Å²) in [6.07, 6.45) is 0. The summed E-state index contributed by atoms with van der Waals surface area (Å²) in [4.78, 5) is 11.9. The van der Waals surface area contributed by atoms with Crippen molar-refractivity contribution in [3.8, 4) is 5.75 Å². The minimum Gasteiger partial charge on any atom is -0.492 e. The van der Waals surface area contributed by atoms with Crippen LogP contribution in [0.5, 0.6) is 5.75 Å². The van der Waals surface area contributed by atoms with Gasteiger partial charge >= 0.3 is 5.97 Å². The van der Waals surface area contributed by atoms with Gasteiger partial charge in [0.05, 0.1) is 7.11 Å². The van der Waals surface area contributed by atoms with Gasteiger partial charge in [0.2, 0.25) is 0 Å². The van der Waals surface area contributed by atoms with Crippen molar-refractivity contribution >= 4 is 17.6 Å². The number of ether oxygens (including phenoxy) is 2. The first-order valence-corrected chi connectivity index (χ1v) is 6.59. The Bertz CT molecular complexity index is 552. The topological polar surface area (TPSA) is 35.5 Å². The lowest BCUT2D eigenvalue weighted by Gasteiger charge is -2.16. The molecule has 0 aliphatic heterocycles. The van der Waals surface area contributed by atoms with Crippen LogP contribution in [0.25, 0.3) is 0 Å². The molecule has 0 aromatic heterocycles. The van der Waals surface area contributed by atoms with Gasteiger partial charge in [-0.05, 0) is 29.8 Å². The Morgan fingerprint density at radius 3 is 2.35 bits per heavy atom. The first-order chi connectivity index (χ1) is 9.70. The Kier molecular flexibility index (Phi) is 5.02. The zero-order valence-electron chi connectivity index (χ0n) is 11.1. The minimum absolute atomic E-state index is 0.221. The van der Waals surface area contributed by atoms with Crippen molar-refractivity contribution in [2.75, 3.05) is 13.7 Å². The van der Waals surface area contributed by atoms with Crippen LogP contribution in [-0.2, 0) is 9.53 Å². The average Bonchev–Trinajstić information content (AvgIpc) is 2.50. The zero-order chi connectivity index (χ0) is 14.4. The van der Waals surface area contributed by atoms with Crippen LogP contribution in [0.1, 0.15) is 11.5 Å². The van der Waals surface area contributed by atoms with Crippen molar-refractivity contribution in [1.82, 2.24) is 0 Å². The monoisotopic (exact) mass is 290 g/mol. The molecule has 0 fully saturated rings. The van der Waals surface area contributed by atoms with Gasteiger partial charge in [-0.3, -0.25) is 4.79 Å². The first kappa shape index (κ1) is 14.4. The van der Waals surface area contributed by atoms with Gasteiger partial charge in [-0.15, -0.1) is 0 Å². The molecule has 2 aromatic carbocycles. The molecule has 2 aromatic rings. The molecule has 0 heterocycles. The number of methoxy groups -OCH3 is 1. The Balaban J connectivity index is 2.12. The van der Waals surface area contributed by atoms with E-state index in [0.717, 1.165) is 11.3 Å². The molecule has 1 atom stereocenters. The van der Waals surface area contributed by atoms with E-state index < -0.39 is 5.92 Å². The van der Waals surface area contributed by atoms with Crippen LogP contribution in [-0.4, -0.2) is 19.7 Å². The number of hydrogen-bond donors (Lipinski definition) is 0. The molecule has 0 radical (unpaired) electrons. The van der Waals surface area contributed by atoms with Crippen molar-refractivity contribution in [3.63, 3.8) is 0 Å². The number of carbonyl (C=O) groups excluding carboxylic acids is 1. The summed E-state index contributed by atoms with van der Waals surface area (Å²) in [5.74, 6) is -0.0870. The molecule has 0 N–H and O–H groups in total. The number of carbonyl (C=O) groups is 1. The van der Waals surface area contributed by atoms with Gasteiger partial charge in [0.1, 0.15) is 18.3 Å². The molecule has 0 spiro atoms. The predicted molar refractivity (Wildman–Crippen MR) is 78.1 cm³/mol. The van der Waals surface area contributed by atoms with Crippen molar-refractivity contribution in [1.29, 1.82) is 0 Å². The van der Waals surface area contributed by atoms with Gasteiger partial charge in [-0.1, -0.05) is 41.9 Å². The lowest BCUT2D eigenvalue weighted by Crippen LogP contribution is -2.21. The molecule has 0 aliphatic rings. The normalized spacial score (nSPS) is 11.7. The van der Waals surface area contributed by atoms with E-state index in [9.17, 15) is 4.79 Å². The van der Waals surface area contributed by atoms with E-state index >= 15 is 0 Å². The van der Waals surface area contributed by atoms with Crippen molar-refractivity contribution < 1.29 is 14.3 Å². The van der Waals surface area contributed by atoms with Gasteiger partial charge in [0.25, 0.3) is 0 Å². The van der Waals surface area contributed by atoms with Gasteiger partial charge in [0.15, 0.2) is 0 Å². The van der Waals surface area contributed by atoms with Crippen LogP contribution in [0, 0.1) is 0 Å². The molecular weight excluding hydrogens is 276 g/mol. The Labute approximate surface area is 123 Å². The van der Waals surface area contributed by atoms with E-state index in [1.54, 1.807) is 24.3 Å². The van der Waals surface area contributed by atoms with Crippen molar-refractivity contribution in [3.05, 3.63) is 65.2 Å². The van der Waals surface area contributed by atoms with Gasteiger partial charge in [0, 0.05) is 5.02 Å². The highest BCUT2D eigenvalue weighted by molar-refractivity contribution is 6.30. The van der Waals surface area contributed by atoms with Crippen molar-refractivity contribution in [2.45, 2.75) is 5.92 Å².